The molecule has 0 aliphatic heterocycles. The third-order valence-corrected chi connectivity index (χ3v) is 3.44. The van der Waals surface area contributed by atoms with E-state index in [0.29, 0.717) is 6.04 Å². The molecule has 2 nitrogen and oxygen atoms in total. The number of benzene rings is 1. The van der Waals surface area contributed by atoms with Gasteiger partial charge >= 0.3 is 0 Å². The Morgan fingerprint density at radius 1 is 1.22 bits per heavy atom. The number of hydrogen-bond donors (Lipinski definition) is 1. The lowest BCUT2D eigenvalue weighted by Crippen LogP contribution is -2.18. The van der Waals surface area contributed by atoms with Gasteiger partial charge in [0.1, 0.15) is 0 Å². The smallest absolute Gasteiger partial charge is 0.0313 e. The minimum absolute atomic E-state index is 0.332. The zero-order chi connectivity index (χ0) is 13.0. The van der Waals surface area contributed by atoms with E-state index in [2.05, 4.69) is 70.4 Å². The van der Waals surface area contributed by atoms with Crippen molar-refractivity contribution in [3.05, 3.63) is 63.9 Å². The zero-order valence-corrected chi connectivity index (χ0v) is 12.2. The molecule has 0 radical (unpaired) electrons. The molecule has 1 aromatic heterocycles. The van der Waals surface area contributed by atoms with E-state index in [-0.39, 0.29) is 0 Å². The van der Waals surface area contributed by atoms with Crippen molar-refractivity contribution in [1.29, 1.82) is 0 Å². The van der Waals surface area contributed by atoms with Crippen molar-refractivity contribution in [2.45, 2.75) is 26.4 Å². The van der Waals surface area contributed by atoms with Gasteiger partial charge in [0, 0.05) is 29.5 Å². The number of rotatable bonds is 4. The van der Waals surface area contributed by atoms with Crippen molar-refractivity contribution < 1.29 is 0 Å². The Labute approximate surface area is 117 Å². The lowest BCUT2D eigenvalue weighted by Gasteiger charge is -2.14. The standard InChI is InChI=1S/C15H17BrN2/c1-11-7-13(9-17-8-11)10-18-12(2)14-3-5-15(16)6-4-14/h3-9,12,18H,10H2,1-2H3/t12-/m1/s1. The molecule has 0 amide bonds. The highest BCUT2D eigenvalue weighted by Crippen LogP contribution is 2.16. The van der Waals surface area contributed by atoms with Crippen LogP contribution in [0, 0.1) is 6.92 Å². The van der Waals surface area contributed by atoms with E-state index in [4.69, 9.17) is 0 Å². The molecule has 0 aliphatic carbocycles. The van der Waals surface area contributed by atoms with E-state index < -0.39 is 0 Å². The minimum atomic E-state index is 0.332. The van der Waals surface area contributed by atoms with Crippen molar-refractivity contribution in [2.24, 2.45) is 0 Å². The van der Waals surface area contributed by atoms with Crippen LogP contribution >= 0.6 is 15.9 Å². The first-order chi connectivity index (χ1) is 8.65. The lowest BCUT2D eigenvalue weighted by molar-refractivity contribution is 0.573. The van der Waals surface area contributed by atoms with E-state index in [0.717, 1.165) is 11.0 Å². The van der Waals surface area contributed by atoms with Crippen LogP contribution in [0.25, 0.3) is 0 Å². The third kappa shape index (κ3) is 3.65. The van der Waals surface area contributed by atoms with Crippen molar-refractivity contribution >= 4 is 15.9 Å². The molecule has 1 aromatic carbocycles. The predicted octanol–water partition coefficient (Wildman–Crippen LogP) is 4.00. The van der Waals surface area contributed by atoms with Crippen LogP contribution in [0.3, 0.4) is 0 Å². The second-order valence-corrected chi connectivity index (χ2v) is 5.44. The highest BCUT2D eigenvalue weighted by Gasteiger charge is 2.04. The molecule has 0 unspecified atom stereocenters. The van der Waals surface area contributed by atoms with E-state index in [1.165, 1.54) is 16.7 Å². The van der Waals surface area contributed by atoms with Gasteiger partial charge in [-0.3, -0.25) is 4.98 Å². The van der Waals surface area contributed by atoms with Gasteiger partial charge in [-0.2, -0.15) is 0 Å². The van der Waals surface area contributed by atoms with Crippen molar-refractivity contribution in [3.8, 4) is 0 Å². The lowest BCUT2D eigenvalue weighted by atomic mass is 10.1. The summed E-state index contributed by atoms with van der Waals surface area (Å²) in [6.45, 7) is 5.08. The number of hydrogen-bond acceptors (Lipinski definition) is 2. The zero-order valence-electron chi connectivity index (χ0n) is 10.7. The fourth-order valence-electron chi connectivity index (χ4n) is 1.85. The van der Waals surface area contributed by atoms with Crippen LogP contribution in [-0.4, -0.2) is 4.98 Å². The molecule has 1 N–H and O–H groups in total. The van der Waals surface area contributed by atoms with Crippen LogP contribution in [-0.2, 0) is 6.54 Å². The quantitative estimate of drug-likeness (QED) is 0.923. The Morgan fingerprint density at radius 3 is 2.61 bits per heavy atom. The van der Waals surface area contributed by atoms with Crippen LogP contribution in [0.2, 0.25) is 0 Å². The van der Waals surface area contributed by atoms with Gasteiger partial charge in [0.2, 0.25) is 0 Å². The number of aryl methyl sites for hydroxylation is 1. The van der Waals surface area contributed by atoms with Gasteiger partial charge in [-0.05, 0) is 42.7 Å². The largest absolute Gasteiger partial charge is 0.306 e. The van der Waals surface area contributed by atoms with Gasteiger partial charge in [-0.1, -0.05) is 34.1 Å². The van der Waals surface area contributed by atoms with Crippen LogP contribution in [0.15, 0.2) is 47.2 Å². The van der Waals surface area contributed by atoms with E-state index >= 15 is 0 Å². The van der Waals surface area contributed by atoms with Gasteiger partial charge in [0.25, 0.3) is 0 Å². The van der Waals surface area contributed by atoms with Gasteiger partial charge in [0.15, 0.2) is 0 Å². The summed E-state index contributed by atoms with van der Waals surface area (Å²) in [5.41, 5.74) is 3.71. The predicted molar refractivity (Wildman–Crippen MR) is 78.4 cm³/mol. The Morgan fingerprint density at radius 2 is 1.94 bits per heavy atom. The highest BCUT2D eigenvalue weighted by atomic mass is 79.9. The molecule has 0 saturated heterocycles. The van der Waals surface area contributed by atoms with Gasteiger partial charge in [-0.25, -0.2) is 0 Å². The molecule has 1 atom stereocenters. The molecule has 0 saturated carbocycles. The van der Waals surface area contributed by atoms with Crippen molar-refractivity contribution in [1.82, 2.24) is 10.3 Å². The Kier molecular flexibility index (Phi) is 4.50. The summed E-state index contributed by atoms with van der Waals surface area (Å²) in [5, 5.41) is 3.51. The Hall–Kier alpha value is -1.19. The average molecular weight is 305 g/mol. The molecule has 18 heavy (non-hydrogen) atoms. The summed E-state index contributed by atoms with van der Waals surface area (Å²) in [7, 11) is 0. The molecule has 94 valence electrons. The maximum atomic E-state index is 4.20. The molecule has 2 rings (SSSR count). The van der Waals surface area contributed by atoms with E-state index in [9.17, 15) is 0 Å². The summed E-state index contributed by atoms with van der Waals surface area (Å²) in [4.78, 5) is 4.20. The Bertz CT molecular complexity index is 508. The Balaban J connectivity index is 1.96. The second kappa shape index (κ2) is 6.12. The summed E-state index contributed by atoms with van der Waals surface area (Å²) in [5.74, 6) is 0. The number of halogens is 1. The molecule has 0 spiro atoms. The molecule has 0 fully saturated rings. The fraction of sp³-hybridized carbons (Fsp3) is 0.267. The molecule has 3 heteroatoms. The number of aromatic nitrogens is 1. The molecule has 0 bridgehead atoms. The number of nitrogens with zero attached hydrogens (tertiary/aromatic N) is 1. The molecular formula is C15H17BrN2. The first kappa shape index (κ1) is 13.2. The van der Waals surface area contributed by atoms with Gasteiger partial charge in [0.05, 0.1) is 0 Å². The van der Waals surface area contributed by atoms with Crippen LogP contribution in [0.5, 0.6) is 0 Å². The number of pyridine rings is 1. The highest BCUT2D eigenvalue weighted by molar-refractivity contribution is 9.10. The van der Waals surface area contributed by atoms with Crippen LogP contribution in [0.1, 0.15) is 29.7 Å². The summed E-state index contributed by atoms with van der Waals surface area (Å²) in [6, 6.07) is 10.9. The third-order valence-electron chi connectivity index (χ3n) is 2.91. The topological polar surface area (TPSA) is 24.9 Å². The first-order valence-corrected chi connectivity index (χ1v) is 6.84. The molecule has 0 aliphatic rings. The van der Waals surface area contributed by atoms with E-state index in [1.807, 2.05) is 12.4 Å². The maximum absolute atomic E-state index is 4.20. The van der Waals surface area contributed by atoms with Crippen molar-refractivity contribution in [2.75, 3.05) is 0 Å². The van der Waals surface area contributed by atoms with Crippen molar-refractivity contribution in [3.63, 3.8) is 0 Å². The number of nitrogens with one attached hydrogen (secondary N) is 1. The monoisotopic (exact) mass is 304 g/mol. The molecular weight excluding hydrogens is 288 g/mol. The maximum Gasteiger partial charge on any atom is 0.0313 e. The summed E-state index contributed by atoms with van der Waals surface area (Å²) >= 11 is 3.45. The van der Waals surface area contributed by atoms with Crippen LogP contribution < -0.4 is 5.32 Å². The average Bonchev–Trinajstić information content (AvgIpc) is 2.37. The summed E-state index contributed by atoms with van der Waals surface area (Å²) in [6.07, 6.45) is 3.79. The summed E-state index contributed by atoms with van der Waals surface area (Å²) < 4.78 is 1.11. The second-order valence-electron chi connectivity index (χ2n) is 4.52. The molecule has 1 heterocycles. The normalized spacial score (nSPS) is 12.4. The fourth-order valence-corrected chi connectivity index (χ4v) is 2.12. The van der Waals surface area contributed by atoms with Gasteiger partial charge < -0.3 is 5.32 Å². The van der Waals surface area contributed by atoms with Crippen LogP contribution in [0.4, 0.5) is 0 Å². The SMILES string of the molecule is Cc1cncc(CN[C@H](C)c2ccc(Br)cc2)c1. The minimum Gasteiger partial charge on any atom is -0.306 e. The molecule has 2 aromatic rings. The first-order valence-electron chi connectivity index (χ1n) is 6.04. The van der Waals surface area contributed by atoms with E-state index in [1.54, 1.807) is 0 Å². The van der Waals surface area contributed by atoms with Gasteiger partial charge in [-0.15, -0.1) is 0 Å².